The summed E-state index contributed by atoms with van der Waals surface area (Å²) < 4.78 is 5.83. The maximum absolute atomic E-state index is 12.5. The highest BCUT2D eigenvalue weighted by atomic mass is 16.5. The van der Waals surface area contributed by atoms with Crippen LogP contribution in [-0.2, 0) is 22.6 Å². The predicted octanol–water partition coefficient (Wildman–Crippen LogP) is 7.62. The molecule has 1 unspecified atom stereocenters. The number of carbonyl (C=O) groups is 1. The van der Waals surface area contributed by atoms with Crippen molar-refractivity contribution in [2.24, 2.45) is 0 Å². The lowest BCUT2D eigenvalue weighted by Gasteiger charge is -2.41. The fraction of sp³-hybridized carbons (Fsp3) is 0.606. The molecule has 2 aromatic carbocycles. The number of esters is 1. The molecule has 204 valence electrons. The van der Waals surface area contributed by atoms with Crippen molar-refractivity contribution in [3.05, 3.63) is 71.8 Å². The molecule has 1 aliphatic heterocycles. The maximum atomic E-state index is 12.5. The summed E-state index contributed by atoms with van der Waals surface area (Å²) in [6.45, 7) is 7.55. The molecule has 0 spiro atoms. The minimum absolute atomic E-state index is 0.0317. The van der Waals surface area contributed by atoms with Crippen molar-refractivity contribution >= 4 is 5.97 Å². The summed E-state index contributed by atoms with van der Waals surface area (Å²) in [5.74, 6) is -0.0317. The predicted molar refractivity (Wildman–Crippen MR) is 154 cm³/mol. The van der Waals surface area contributed by atoms with Crippen molar-refractivity contribution in [3.8, 4) is 0 Å². The van der Waals surface area contributed by atoms with Crippen LogP contribution in [0.25, 0.3) is 0 Å². The average Bonchev–Trinajstić information content (AvgIpc) is 2.93. The summed E-state index contributed by atoms with van der Waals surface area (Å²) in [4.78, 5) is 17.5. The molecule has 2 aromatic rings. The van der Waals surface area contributed by atoms with Crippen LogP contribution in [0, 0.1) is 0 Å². The number of benzene rings is 2. The van der Waals surface area contributed by atoms with Gasteiger partial charge in [0.1, 0.15) is 6.61 Å². The van der Waals surface area contributed by atoms with Crippen LogP contribution in [0.1, 0.15) is 95.1 Å². The Labute approximate surface area is 226 Å². The van der Waals surface area contributed by atoms with E-state index in [1.807, 2.05) is 0 Å². The molecule has 0 N–H and O–H groups in total. The van der Waals surface area contributed by atoms with E-state index < -0.39 is 0 Å². The molecular weight excluding hydrogens is 456 g/mol. The van der Waals surface area contributed by atoms with Crippen molar-refractivity contribution in [1.29, 1.82) is 0 Å². The second kappa shape index (κ2) is 18.1. The van der Waals surface area contributed by atoms with Crippen molar-refractivity contribution in [1.82, 2.24) is 9.80 Å². The zero-order valence-corrected chi connectivity index (χ0v) is 23.3. The van der Waals surface area contributed by atoms with Gasteiger partial charge in [0.05, 0.1) is 6.04 Å². The van der Waals surface area contributed by atoms with Crippen molar-refractivity contribution in [2.75, 3.05) is 26.2 Å². The highest BCUT2D eigenvalue weighted by Crippen LogP contribution is 2.18. The molecule has 0 saturated carbocycles. The molecule has 4 nitrogen and oxygen atoms in total. The summed E-state index contributed by atoms with van der Waals surface area (Å²) in [6, 6.07) is 21.5. The van der Waals surface area contributed by atoms with Gasteiger partial charge in [-0.3, -0.25) is 14.6 Å². The van der Waals surface area contributed by atoms with Gasteiger partial charge in [0.15, 0.2) is 0 Å². The van der Waals surface area contributed by atoms with E-state index in [2.05, 4.69) is 77.4 Å². The Hall–Kier alpha value is -2.17. The Morgan fingerprint density at radius 2 is 1.27 bits per heavy atom. The summed E-state index contributed by atoms with van der Waals surface area (Å²) in [5, 5.41) is 0. The summed E-state index contributed by atoms with van der Waals surface area (Å²) in [6.07, 6.45) is 14.8. The van der Waals surface area contributed by atoms with Gasteiger partial charge < -0.3 is 4.74 Å². The monoisotopic (exact) mass is 506 g/mol. The van der Waals surface area contributed by atoms with Gasteiger partial charge in [-0.25, -0.2) is 0 Å². The van der Waals surface area contributed by atoms with E-state index in [0.29, 0.717) is 13.0 Å². The number of nitrogens with zero attached hydrogens (tertiary/aromatic N) is 2. The molecule has 4 heteroatoms. The van der Waals surface area contributed by atoms with Gasteiger partial charge in [0, 0.05) is 39.1 Å². The van der Waals surface area contributed by atoms with Crippen LogP contribution in [0.2, 0.25) is 0 Å². The maximum Gasteiger partial charge on any atom is 0.305 e. The Kier molecular flexibility index (Phi) is 14.4. The minimum atomic E-state index is -0.0317. The molecule has 1 heterocycles. The Balaban J connectivity index is 1.35. The normalized spacial score (nSPS) is 16.6. The topological polar surface area (TPSA) is 32.8 Å². The van der Waals surface area contributed by atoms with E-state index in [9.17, 15) is 4.79 Å². The number of hydrogen-bond acceptors (Lipinski definition) is 4. The van der Waals surface area contributed by atoms with Gasteiger partial charge >= 0.3 is 5.97 Å². The van der Waals surface area contributed by atoms with Crippen molar-refractivity contribution < 1.29 is 9.53 Å². The molecule has 1 aliphatic rings. The third kappa shape index (κ3) is 12.3. The van der Waals surface area contributed by atoms with E-state index in [0.717, 1.165) is 45.6 Å². The van der Waals surface area contributed by atoms with E-state index >= 15 is 0 Å². The number of ether oxygens (including phenoxy) is 1. The third-order valence-electron chi connectivity index (χ3n) is 7.59. The minimum Gasteiger partial charge on any atom is -0.464 e. The molecule has 37 heavy (non-hydrogen) atoms. The SMILES string of the molecule is CCCCCCCCCCCCCC(=O)OCC1CN(Cc2ccccc2)CCN1Cc1ccccc1. The molecule has 1 fully saturated rings. The molecular formula is C33H50N2O2. The lowest BCUT2D eigenvalue weighted by molar-refractivity contribution is -0.146. The van der Waals surface area contributed by atoms with Crippen molar-refractivity contribution in [2.45, 2.75) is 103 Å². The Bertz CT molecular complexity index is 842. The number of unbranched alkanes of at least 4 members (excludes halogenated alkanes) is 10. The molecule has 1 saturated heterocycles. The second-order valence-electron chi connectivity index (χ2n) is 10.8. The van der Waals surface area contributed by atoms with Gasteiger partial charge in [-0.2, -0.15) is 0 Å². The van der Waals surface area contributed by atoms with E-state index in [4.69, 9.17) is 4.74 Å². The Morgan fingerprint density at radius 1 is 0.730 bits per heavy atom. The van der Waals surface area contributed by atoms with Crippen LogP contribution < -0.4 is 0 Å². The standard InChI is InChI=1S/C33H50N2O2/c1-2-3-4-5-6-7-8-9-10-11-18-23-33(36)37-29-32-28-34(26-30-19-14-12-15-20-30)24-25-35(32)27-31-21-16-13-17-22-31/h12-17,19-22,32H,2-11,18,23-29H2,1H3. The van der Waals surface area contributed by atoms with Crippen LogP contribution in [-0.4, -0.2) is 48.1 Å². The first-order valence-electron chi connectivity index (χ1n) is 14.9. The quantitative estimate of drug-likeness (QED) is 0.154. The zero-order valence-electron chi connectivity index (χ0n) is 23.3. The third-order valence-corrected chi connectivity index (χ3v) is 7.59. The van der Waals surface area contributed by atoms with E-state index in [1.165, 1.54) is 68.9 Å². The fourth-order valence-corrected chi connectivity index (χ4v) is 5.32. The zero-order chi connectivity index (χ0) is 26.0. The molecule has 0 aliphatic carbocycles. The van der Waals surface area contributed by atoms with Crippen LogP contribution >= 0.6 is 0 Å². The fourth-order valence-electron chi connectivity index (χ4n) is 5.32. The lowest BCUT2D eigenvalue weighted by Crippen LogP contribution is -2.54. The number of rotatable bonds is 18. The van der Waals surface area contributed by atoms with Gasteiger partial charge in [-0.15, -0.1) is 0 Å². The summed E-state index contributed by atoms with van der Waals surface area (Å²) in [7, 11) is 0. The molecule has 0 aromatic heterocycles. The number of hydrogen-bond donors (Lipinski definition) is 0. The van der Waals surface area contributed by atoms with Crippen LogP contribution in [0.15, 0.2) is 60.7 Å². The average molecular weight is 507 g/mol. The van der Waals surface area contributed by atoms with Crippen LogP contribution in [0.5, 0.6) is 0 Å². The Morgan fingerprint density at radius 3 is 1.86 bits per heavy atom. The molecule has 3 rings (SSSR count). The van der Waals surface area contributed by atoms with Gasteiger partial charge in [-0.1, -0.05) is 132 Å². The van der Waals surface area contributed by atoms with Gasteiger partial charge in [0.2, 0.25) is 0 Å². The van der Waals surface area contributed by atoms with Gasteiger partial charge in [0.25, 0.3) is 0 Å². The van der Waals surface area contributed by atoms with Gasteiger partial charge in [-0.05, 0) is 17.5 Å². The highest BCUT2D eigenvalue weighted by Gasteiger charge is 2.28. The molecule has 0 bridgehead atoms. The first-order chi connectivity index (χ1) is 18.2. The lowest BCUT2D eigenvalue weighted by atomic mass is 10.1. The first-order valence-corrected chi connectivity index (χ1v) is 14.9. The van der Waals surface area contributed by atoms with Crippen LogP contribution in [0.3, 0.4) is 0 Å². The largest absolute Gasteiger partial charge is 0.464 e. The van der Waals surface area contributed by atoms with Crippen molar-refractivity contribution in [3.63, 3.8) is 0 Å². The van der Waals surface area contributed by atoms with Crippen LogP contribution in [0.4, 0.5) is 0 Å². The van der Waals surface area contributed by atoms with E-state index in [1.54, 1.807) is 0 Å². The molecule has 1 atom stereocenters. The highest BCUT2D eigenvalue weighted by molar-refractivity contribution is 5.69. The second-order valence-corrected chi connectivity index (χ2v) is 10.8. The molecule has 0 radical (unpaired) electrons. The molecule has 0 amide bonds. The summed E-state index contributed by atoms with van der Waals surface area (Å²) in [5.41, 5.74) is 2.66. The summed E-state index contributed by atoms with van der Waals surface area (Å²) >= 11 is 0. The van der Waals surface area contributed by atoms with E-state index in [-0.39, 0.29) is 12.0 Å². The number of carbonyl (C=O) groups excluding carboxylic acids is 1. The smallest absolute Gasteiger partial charge is 0.305 e. The number of piperazine rings is 1. The first kappa shape index (κ1) is 29.4.